The zero-order valence-corrected chi connectivity index (χ0v) is 16.7. The number of carbonyl (C=O) groups excluding carboxylic acids is 1. The molecule has 2 aliphatic heterocycles. The maximum absolute atomic E-state index is 12.5. The van der Waals surface area contributed by atoms with Gasteiger partial charge in [-0.25, -0.2) is 9.78 Å². The van der Waals surface area contributed by atoms with Gasteiger partial charge in [0, 0.05) is 62.7 Å². The summed E-state index contributed by atoms with van der Waals surface area (Å²) in [4.78, 5) is 23.5. The first kappa shape index (κ1) is 18.9. The summed E-state index contributed by atoms with van der Waals surface area (Å²) in [5.74, 6) is 1.03. The monoisotopic (exact) mass is 399 g/mol. The van der Waals surface area contributed by atoms with Crippen molar-refractivity contribution < 1.29 is 4.79 Å². The van der Waals surface area contributed by atoms with Crippen LogP contribution in [0, 0.1) is 0 Å². The SMILES string of the molecule is O=C(NCc1ccc(N2CCCC2)nc1)N1CCN(c2cccc(Cl)c2)CC1. The lowest BCUT2D eigenvalue weighted by molar-refractivity contribution is 0.194. The molecule has 7 heteroatoms. The molecule has 2 amide bonds. The van der Waals surface area contributed by atoms with E-state index in [1.165, 1.54) is 12.8 Å². The second kappa shape index (κ2) is 8.69. The molecule has 0 atom stereocenters. The number of nitrogens with zero attached hydrogens (tertiary/aromatic N) is 4. The van der Waals surface area contributed by atoms with Crippen LogP contribution in [0.5, 0.6) is 0 Å². The number of nitrogens with one attached hydrogen (secondary N) is 1. The van der Waals surface area contributed by atoms with Crippen LogP contribution in [0.3, 0.4) is 0 Å². The molecule has 148 valence electrons. The average Bonchev–Trinajstić information content (AvgIpc) is 3.27. The van der Waals surface area contributed by atoms with Gasteiger partial charge in [-0.3, -0.25) is 0 Å². The smallest absolute Gasteiger partial charge is 0.317 e. The summed E-state index contributed by atoms with van der Waals surface area (Å²) >= 11 is 6.08. The van der Waals surface area contributed by atoms with Crippen LogP contribution in [0.15, 0.2) is 42.6 Å². The minimum absolute atomic E-state index is 0.0191. The largest absolute Gasteiger partial charge is 0.368 e. The van der Waals surface area contributed by atoms with Crippen molar-refractivity contribution in [3.63, 3.8) is 0 Å². The molecule has 4 rings (SSSR count). The molecular formula is C21H26ClN5O. The zero-order chi connectivity index (χ0) is 19.3. The molecule has 0 aliphatic carbocycles. The topological polar surface area (TPSA) is 51.7 Å². The second-order valence-corrected chi connectivity index (χ2v) is 7.77. The van der Waals surface area contributed by atoms with Crippen molar-refractivity contribution in [1.29, 1.82) is 0 Å². The minimum atomic E-state index is -0.0191. The number of aromatic nitrogens is 1. The number of halogens is 1. The number of urea groups is 1. The molecule has 0 spiro atoms. The van der Waals surface area contributed by atoms with E-state index >= 15 is 0 Å². The fraction of sp³-hybridized carbons (Fsp3) is 0.429. The molecule has 2 aromatic rings. The Morgan fingerprint density at radius 2 is 1.79 bits per heavy atom. The van der Waals surface area contributed by atoms with E-state index < -0.39 is 0 Å². The molecule has 6 nitrogen and oxygen atoms in total. The third-order valence-electron chi connectivity index (χ3n) is 5.42. The van der Waals surface area contributed by atoms with Gasteiger partial charge in [-0.1, -0.05) is 23.7 Å². The van der Waals surface area contributed by atoms with Crippen LogP contribution in [0.1, 0.15) is 18.4 Å². The highest BCUT2D eigenvalue weighted by molar-refractivity contribution is 6.30. The fourth-order valence-corrected chi connectivity index (χ4v) is 3.97. The lowest BCUT2D eigenvalue weighted by Gasteiger charge is -2.36. The van der Waals surface area contributed by atoms with Gasteiger partial charge >= 0.3 is 6.03 Å². The van der Waals surface area contributed by atoms with Gasteiger partial charge in [-0.05, 0) is 42.7 Å². The van der Waals surface area contributed by atoms with E-state index in [-0.39, 0.29) is 6.03 Å². The Morgan fingerprint density at radius 1 is 1.00 bits per heavy atom. The molecule has 2 saturated heterocycles. The second-order valence-electron chi connectivity index (χ2n) is 7.33. The van der Waals surface area contributed by atoms with Crippen LogP contribution >= 0.6 is 11.6 Å². The van der Waals surface area contributed by atoms with Crippen molar-refractivity contribution in [1.82, 2.24) is 15.2 Å². The van der Waals surface area contributed by atoms with Crippen molar-refractivity contribution in [2.75, 3.05) is 49.1 Å². The summed E-state index contributed by atoms with van der Waals surface area (Å²) < 4.78 is 0. The van der Waals surface area contributed by atoms with Gasteiger partial charge < -0.3 is 20.0 Å². The van der Waals surface area contributed by atoms with Gasteiger partial charge in [-0.15, -0.1) is 0 Å². The van der Waals surface area contributed by atoms with Crippen LogP contribution < -0.4 is 15.1 Å². The Balaban J connectivity index is 1.24. The van der Waals surface area contributed by atoms with Gasteiger partial charge in [-0.2, -0.15) is 0 Å². The molecule has 0 saturated carbocycles. The Kier molecular flexibility index (Phi) is 5.86. The van der Waals surface area contributed by atoms with Crippen molar-refractivity contribution in [3.8, 4) is 0 Å². The molecule has 3 heterocycles. The first-order chi connectivity index (χ1) is 13.7. The normalized spacial score (nSPS) is 17.1. The predicted molar refractivity (Wildman–Crippen MR) is 113 cm³/mol. The number of piperazine rings is 1. The third-order valence-corrected chi connectivity index (χ3v) is 5.66. The van der Waals surface area contributed by atoms with Gasteiger partial charge in [0.25, 0.3) is 0 Å². The Hall–Kier alpha value is -2.47. The molecule has 0 unspecified atom stereocenters. The number of amides is 2. The Morgan fingerprint density at radius 3 is 2.46 bits per heavy atom. The number of hydrogen-bond acceptors (Lipinski definition) is 4. The Labute approximate surface area is 171 Å². The summed E-state index contributed by atoms with van der Waals surface area (Å²) in [7, 11) is 0. The Bertz CT molecular complexity index is 799. The number of hydrogen-bond donors (Lipinski definition) is 1. The van der Waals surface area contributed by atoms with Gasteiger partial charge in [0.15, 0.2) is 0 Å². The van der Waals surface area contributed by atoms with Crippen LogP contribution in [-0.4, -0.2) is 55.2 Å². The fourth-order valence-electron chi connectivity index (χ4n) is 3.78. The highest BCUT2D eigenvalue weighted by Crippen LogP contribution is 2.21. The minimum Gasteiger partial charge on any atom is -0.368 e. The molecule has 2 aliphatic rings. The molecule has 1 aromatic carbocycles. The predicted octanol–water partition coefficient (Wildman–Crippen LogP) is 3.37. The van der Waals surface area contributed by atoms with E-state index in [4.69, 9.17) is 11.6 Å². The molecule has 1 N–H and O–H groups in total. The molecule has 28 heavy (non-hydrogen) atoms. The number of pyridine rings is 1. The maximum Gasteiger partial charge on any atom is 0.317 e. The summed E-state index contributed by atoms with van der Waals surface area (Å²) in [5.41, 5.74) is 2.13. The molecule has 0 bridgehead atoms. The molecule has 0 radical (unpaired) electrons. The third kappa shape index (κ3) is 4.50. The van der Waals surface area contributed by atoms with E-state index in [0.717, 1.165) is 48.3 Å². The molecule has 2 fully saturated rings. The first-order valence-corrected chi connectivity index (χ1v) is 10.3. The highest BCUT2D eigenvalue weighted by Gasteiger charge is 2.21. The van der Waals surface area contributed by atoms with E-state index in [0.29, 0.717) is 19.6 Å². The molecule has 1 aromatic heterocycles. The number of benzene rings is 1. The standard InChI is InChI=1S/C21H26ClN5O/c22-18-4-3-5-19(14-18)25-10-12-27(13-11-25)21(28)24-16-17-6-7-20(23-15-17)26-8-1-2-9-26/h3-7,14-15H,1-2,8-13,16H2,(H,24,28). The van der Waals surface area contributed by atoms with Crippen LogP contribution in [-0.2, 0) is 6.54 Å². The van der Waals surface area contributed by atoms with E-state index in [9.17, 15) is 4.79 Å². The van der Waals surface area contributed by atoms with Gasteiger partial charge in [0.2, 0.25) is 0 Å². The van der Waals surface area contributed by atoms with Gasteiger partial charge in [0.05, 0.1) is 0 Å². The summed E-state index contributed by atoms with van der Waals surface area (Å²) in [6.45, 7) is 5.68. The first-order valence-electron chi connectivity index (χ1n) is 9.92. The van der Waals surface area contributed by atoms with Crippen LogP contribution in [0.25, 0.3) is 0 Å². The van der Waals surface area contributed by atoms with Crippen molar-refractivity contribution in [2.45, 2.75) is 19.4 Å². The molecular weight excluding hydrogens is 374 g/mol. The number of carbonyl (C=O) groups is 1. The summed E-state index contributed by atoms with van der Waals surface area (Å²) in [6, 6.07) is 11.9. The lowest BCUT2D eigenvalue weighted by atomic mass is 10.2. The van der Waals surface area contributed by atoms with E-state index in [1.807, 2.05) is 29.3 Å². The van der Waals surface area contributed by atoms with E-state index in [2.05, 4.69) is 38.3 Å². The number of anilines is 2. The number of rotatable bonds is 4. The van der Waals surface area contributed by atoms with Gasteiger partial charge in [0.1, 0.15) is 5.82 Å². The van der Waals surface area contributed by atoms with Crippen LogP contribution in [0.4, 0.5) is 16.3 Å². The van der Waals surface area contributed by atoms with Crippen molar-refractivity contribution >= 4 is 29.1 Å². The zero-order valence-electron chi connectivity index (χ0n) is 16.0. The summed E-state index contributed by atoms with van der Waals surface area (Å²) in [5, 5.41) is 3.75. The van der Waals surface area contributed by atoms with E-state index in [1.54, 1.807) is 0 Å². The highest BCUT2D eigenvalue weighted by atomic mass is 35.5. The lowest BCUT2D eigenvalue weighted by Crippen LogP contribution is -2.51. The maximum atomic E-state index is 12.5. The van der Waals surface area contributed by atoms with Crippen molar-refractivity contribution in [2.24, 2.45) is 0 Å². The van der Waals surface area contributed by atoms with Crippen LogP contribution in [0.2, 0.25) is 5.02 Å². The quantitative estimate of drug-likeness (QED) is 0.856. The average molecular weight is 400 g/mol. The summed E-state index contributed by atoms with van der Waals surface area (Å²) in [6.07, 6.45) is 4.35. The van der Waals surface area contributed by atoms with Crippen molar-refractivity contribution in [3.05, 3.63) is 53.2 Å².